The summed E-state index contributed by atoms with van der Waals surface area (Å²) >= 11 is 0. The van der Waals surface area contributed by atoms with Gasteiger partial charge < -0.3 is 9.52 Å². The van der Waals surface area contributed by atoms with Crippen LogP contribution in [0.25, 0.3) is 6.08 Å². The molecule has 1 atom stereocenters. The van der Waals surface area contributed by atoms with E-state index in [0.717, 1.165) is 0 Å². The summed E-state index contributed by atoms with van der Waals surface area (Å²) in [6, 6.07) is 2.39. The molecule has 1 aliphatic carbocycles. The molecule has 8 heteroatoms. The second-order valence-corrected chi connectivity index (χ2v) is 5.18. The SMILES string of the molecule is O=C(O)C1=CC(=Cc2ccco2)C(NS(=O)(=O)O)C=C1. The van der Waals surface area contributed by atoms with Crippen LogP contribution in [0, 0.1) is 0 Å². The maximum Gasteiger partial charge on any atom is 0.335 e. The molecule has 0 fully saturated rings. The Morgan fingerprint density at radius 2 is 2.20 bits per heavy atom. The van der Waals surface area contributed by atoms with Crippen LogP contribution in [0.2, 0.25) is 0 Å². The van der Waals surface area contributed by atoms with E-state index in [9.17, 15) is 13.2 Å². The molecule has 0 bridgehead atoms. The summed E-state index contributed by atoms with van der Waals surface area (Å²) in [7, 11) is -4.42. The summed E-state index contributed by atoms with van der Waals surface area (Å²) in [6.07, 6.45) is 6.79. The molecule has 0 radical (unpaired) electrons. The zero-order chi connectivity index (χ0) is 14.8. The number of hydrogen-bond donors (Lipinski definition) is 3. The van der Waals surface area contributed by atoms with Gasteiger partial charge in [0, 0.05) is 0 Å². The van der Waals surface area contributed by atoms with Crippen molar-refractivity contribution in [2.75, 3.05) is 0 Å². The van der Waals surface area contributed by atoms with Crippen LogP contribution in [0.1, 0.15) is 5.76 Å². The fourth-order valence-corrected chi connectivity index (χ4v) is 2.23. The summed E-state index contributed by atoms with van der Waals surface area (Å²) in [5.74, 6) is -0.713. The molecule has 1 unspecified atom stereocenters. The third kappa shape index (κ3) is 3.67. The van der Waals surface area contributed by atoms with E-state index in [1.165, 1.54) is 30.6 Å². The van der Waals surface area contributed by atoms with Crippen molar-refractivity contribution in [3.05, 3.63) is 53.5 Å². The average Bonchev–Trinajstić information content (AvgIpc) is 2.82. The molecular formula is C12H11NO6S. The van der Waals surface area contributed by atoms with Gasteiger partial charge in [0.2, 0.25) is 0 Å². The van der Waals surface area contributed by atoms with Crippen molar-refractivity contribution in [2.45, 2.75) is 6.04 Å². The van der Waals surface area contributed by atoms with E-state index in [1.807, 2.05) is 4.72 Å². The van der Waals surface area contributed by atoms with Gasteiger partial charge in [-0.15, -0.1) is 0 Å². The Morgan fingerprint density at radius 1 is 1.45 bits per heavy atom. The van der Waals surface area contributed by atoms with Crippen LogP contribution < -0.4 is 4.72 Å². The molecule has 0 saturated heterocycles. The van der Waals surface area contributed by atoms with E-state index >= 15 is 0 Å². The van der Waals surface area contributed by atoms with Gasteiger partial charge in [0.05, 0.1) is 17.9 Å². The van der Waals surface area contributed by atoms with Crippen molar-refractivity contribution in [3.8, 4) is 0 Å². The van der Waals surface area contributed by atoms with E-state index in [1.54, 1.807) is 12.1 Å². The van der Waals surface area contributed by atoms with Gasteiger partial charge in [-0.1, -0.05) is 6.08 Å². The quantitative estimate of drug-likeness (QED) is 0.714. The number of hydrogen-bond acceptors (Lipinski definition) is 4. The lowest BCUT2D eigenvalue weighted by atomic mass is 9.97. The Balaban J connectivity index is 2.38. The van der Waals surface area contributed by atoms with Crippen LogP contribution in [0.3, 0.4) is 0 Å². The Labute approximate surface area is 114 Å². The Kier molecular flexibility index (Phi) is 3.89. The van der Waals surface area contributed by atoms with Gasteiger partial charge >= 0.3 is 16.3 Å². The van der Waals surface area contributed by atoms with E-state index in [4.69, 9.17) is 14.1 Å². The number of carboxylic acids is 1. The van der Waals surface area contributed by atoms with E-state index in [-0.39, 0.29) is 5.57 Å². The summed E-state index contributed by atoms with van der Waals surface area (Å²) in [6.45, 7) is 0. The molecule has 1 aromatic rings. The summed E-state index contributed by atoms with van der Waals surface area (Å²) in [5.41, 5.74) is 0.327. The first-order valence-electron chi connectivity index (χ1n) is 5.48. The van der Waals surface area contributed by atoms with Crippen molar-refractivity contribution < 1.29 is 27.3 Å². The van der Waals surface area contributed by atoms with Gasteiger partial charge in [-0.3, -0.25) is 4.55 Å². The van der Waals surface area contributed by atoms with E-state index in [2.05, 4.69) is 0 Å². The Hall–Kier alpha value is -2.16. The molecule has 0 amide bonds. The van der Waals surface area contributed by atoms with Crippen LogP contribution in [0.5, 0.6) is 0 Å². The molecule has 7 nitrogen and oxygen atoms in total. The summed E-state index contributed by atoms with van der Waals surface area (Å²) in [5, 5.41) is 8.94. The molecule has 0 aromatic carbocycles. The smallest absolute Gasteiger partial charge is 0.335 e. The lowest BCUT2D eigenvalue weighted by molar-refractivity contribution is -0.132. The predicted octanol–water partition coefficient (Wildman–Crippen LogP) is 1.00. The third-order valence-electron chi connectivity index (χ3n) is 2.52. The topological polar surface area (TPSA) is 117 Å². The number of furan rings is 1. The molecule has 20 heavy (non-hydrogen) atoms. The number of nitrogens with one attached hydrogen (secondary N) is 1. The van der Waals surface area contributed by atoms with Crippen molar-refractivity contribution in [2.24, 2.45) is 0 Å². The van der Waals surface area contributed by atoms with Crippen molar-refractivity contribution in [1.29, 1.82) is 0 Å². The molecule has 106 valence electrons. The largest absolute Gasteiger partial charge is 0.478 e. The lowest BCUT2D eigenvalue weighted by Gasteiger charge is -2.18. The number of aliphatic carboxylic acids is 1. The van der Waals surface area contributed by atoms with Crippen LogP contribution in [0.15, 0.2) is 52.2 Å². The maximum atomic E-state index is 10.9. The minimum absolute atomic E-state index is 0.00352. The zero-order valence-electron chi connectivity index (χ0n) is 10.1. The van der Waals surface area contributed by atoms with Crippen molar-refractivity contribution in [1.82, 2.24) is 4.72 Å². The van der Waals surface area contributed by atoms with Crippen LogP contribution in [-0.4, -0.2) is 30.1 Å². The fraction of sp³-hybridized carbons (Fsp3) is 0.0833. The second-order valence-electron chi connectivity index (χ2n) is 3.99. The first kappa shape index (κ1) is 14.3. The maximum absolute atomic E-state index is 10.9. The first-order chi connectivity index (χ1) is 9.35. The molecule has 1 aromatic heterocycles. The molecule has 3 N–H and O–H groups in total. The van der Waals surface area contributed by atoms with Gasteiger partial charge in [0.15, 0.2) is 0 Å². The monoisotopic (exact) mass is 297 g/mol. The molecule has 0 saturated carbocycles. The zero-order valence-corrected chi connectivity index (χ0v) is 10.9. The summed E-state index contributed by atoms with van der Waals surface area (Å²) in [4.78, 5) is 10.9. The highest BCUT2D eigenvalue weighted by molar-refractivity contribution is 7.83. The Morgan fingerprint density at radius 3 is 2.75 bits per heavy atom. The molecule has 0 aliphatic heterocycles. The molecule has 2 rings (SSSR count). The van der Waals surface area contributed by atoms with E-state index in [0.29, 0.717) is 11.3 Å². The molecule has 1 heterocycles. The number of carboxylic acid groups (broad SMARTS) is 1. The highest BCUT2D eigenvalue weighted by atomic mass is 32.2. The van der Waals surface area contributed by atoms with Crippen molar-refractivity contribution >= 4 is 22.3 Å². The average molecular weight is 297 g/mol. The molecular weight excluding hydrogens is 286 g/mol. The standard InChI is InChI=1S/C12H11NO6S/c14-12(15)8-3-4-11(13-20(16,17)18)9(6-8)7-10-2-1-5-19-10/h1-7,11,13H,(H,14,15)(H,16,17,18). The lowest BCUT2D eigenvalue weighted by Crippen LogP contribution is -2.35. The number of rotatable bonds is 4. The number of carbonyl (C=O) groups is 1. The second kappa shape index (κ2) is 5.45. The normalized spacial score (nSPS) is 20.9. The summed E-state index contributed by atoms with van der Waals surface area (Å²) < 4.78 is 37.7. The highest BCUT2D eigenvalue weighted by Crippen LogP contribution is 2.20. The highest BCUT2D eigenvalue weighted by Gasteiger charge is 2.21. The van der Waals surface area contributed by atoms with Crippen LogP contribution >= 0.6 is 0 Å². The Bertz CT molecular complexity index is 696. The van der Waals surface area contributed by atoms with Crippen molar-refractivity contribution in [3.63, 3.8) is 0 Å². The van der Waals surface area contributed by atoms with E-state index < -0.39 is 22.3 Å². The van der Waals surface area contributed by atoms with Crippen LogP contribution in [-0.2, 0) is 15.1 Å². The third-order valence-corrected chi connectivity index (χ3v) is 3.08. The van der Waals surface area contributed by atoms with Gasteiger partial charge in [0.25, 0.3) is 0 Å². The minimum atomic E-state index is -4.42. The van der Waals surface area contributed by atoms with Gasteiger partial charge in [-0.05, 0) is 35.9 Å². The van der Waals surface area contributed by atoms with Gasteiger partial charge in [0.1, 0.15) is 5.76 Å². The molecule has 1 aliphatic rings. The predicted molar refractivity (Wildman–Crippen MR) is 70.0 cm³/mol. The first-order valence-corrected chi connectivity index (χ1v) is 6.92. The van der Waals surface area contributed by atoms with Crippen LogP contribution in [0.4, 0.5) is 0 Å². The molecule has 0 spiro atoms. The van der Waals surface area contributed by atoms with Gasteiger partial charge in [-0.2, -0.15) is 13.1 Å². The minimum Gasteiger partial charge on any atom is -0.478 e. The van der Waals surface area contributed by atoms with Gasteiger partial charge in [-0.25, -0.2) is 4.79 Å². The fourth-order valence-electron chi connectivity index (χ4n) is 1.70.